The second-order valence-electron chi connectivity index (χ2n) is 6.34. The van der Waals surface area contributed by atoms with Gasteiger partial charge in [0.15, 0.2) is 5.65 Å². The number of pyridine rings is 1. The van der Waals surface area contributed by atoms with Crippen molar-refractivity contribution in [3.05, 3.63) is 34.7 Å². The molecule has 0 saturated heterocycles. The second kappa shape index (κ2) is 4.52. The van der Waals surface area contributed by atoms with E-state index in [-0.39, 0.29) is 0 Å². The van der Waals surface area contributed by atoms with Crippen molar-refractivity contribution in [1.29, 1.82) is 0 Å². The van der Waals surface area contributed by atoms with Crippen molar-refractivity contribution in [3.63, 3.8) is 0 Å². The fourth-order valence-electron chi connectivity index (χ4n) is 3.16. The first-order valence-corrected chi connectivity index (χ1v) is 7.55. The van der Waals surface area contributed by atoms with Crippen molar-refractivity contribution >= 4 is 17.2 Å². The Morgan fingerprint density at radius 3 is 3.00 bits per heavy atom. The highest BCUT2D eigenvalue weighted by Gasteiger charge is 2.33. The molecule has 2 nitrogen and oxygen atoms in total. The Morgan fingerprint density at radius 1 is 1.47 bits per heavy atom. The minimum absolute atomic E-state index is 0.400. The topological polar surface area (TPSA) is 17.3 Å². The molecule has 0 amide bonds. The summed E-state index contributed by atoms with van der Waals surface area (Å²) >= 11 is 6.25. The predicted octanol–water partition coefficient (Wildman–Crippen LogP) is 4.53. The van der Waals surface area contributed by atoms with Gasteiger partial charge in [0.2, 0.25) is 0 Å². The first kappa shape index (κ1) is 13.0. The summed E-state index contributed by atoms with van der Waals surface area (Å²) in [4.78, 5) is 4.78. The molecule has 0 aliphatic heterocycles. The van der Waals surface area contributed by atoms with Gasteiger partial charge in [-0.15, -0.1) is 0 Å². The monoisotopic (exact) mass is 276 g/mol. The van der Waals surface area contributed by atoms with Crippen LogP contribution in [0.5, 0.6) is 0 Å². The SMILES string of the molecule is CCC(C)(C)C1CCc2c(nc3c(Cl)cccn23)C1. The Labute approximate surface area is 119 Å². The third-order valence-corrected chi connectivity index (χ3v) is 5.27. The molecule has 2 heterocycles. The minimum Gasteiger partial charge on any atom is -0.303 e. The van der Waals surface area contributed by atoms with Gasteiger partial charge in [0.25, 0.3) is 0 Å². The normalized spacial score (nSPS) is 19.7. The standard InChI is InChI=1S/C16H21ClN2/c1-4-16(2,3)11-7-8-14-13(10-11)18-15-12(17)6-5-9-19(14)15/h5-6,9,11H,4,7-8,10H2,1-3H3. The van der Waals surface area contributed by atoms with E-state index < -0.39 is 0 Å². The van der Waals surface area contributed by atoms with Gasteiger partial charge in [-0.2, -0.15) is 0 Å². The molecule has 0 N–H and O–H groups in total. The molecule has 0 fully saturated rings. The number of fused-ring (bicyclic) bond motifs is 3. The van der Waals surface area contributed by atoms with Crippen molar-refractivity contribution in [3.8, 4) is 0 Å². The Balaban J connectivity index is 2.03. The summed E-state index contributed by atoms with van der Waals surface area (Å²) < 4.78 is 2.17. The lowest BCUT2D eigenvalue weighted by molar-refractivity contribution is 0.181. The lowest BCUT2D eigenvalue weighted by Crippen LogP contribution is -2.29. The van der Waals surface area contributed by atoms with E-state index in [1.165, 1.54) is 24.2 Å². The number of rotatable bonds is 2. The number of hydrogen-bond acceptors (Lipinski definition) is 1. The summed E-state index contributed by atoms with van der Waals surface area (Å²) in [5.41, 5.74) is 3.94. The number of hydrogen-bond donors (Lipinski definition) is 0. The molecule has 2 aromatic rings. The third-order valence-electron chi connectivity index (χ3n) is 4.97. The van der Waals surface area contributed by atoms with Gasteiger partial charge >= 0.3 is 0 Å². The lowest BCUT2D eigenvalue weighted by atomic mass is 9.70. The summed E-state index contributed by atoms with van der Waals surface area (Å²) in [6, 6.07) is 3.92. The highest BCUT2D eigenvalue weighted by molar-refractivity contribution is 6.33. The third kappa shape index (κ3) is 2.06. The van der Waals surface area contributed by atoms with Crippen LogP contribution < -0.4 is 0 Å². The molecule has 3 heteroatoms. The van der Waals surface area contributed by atoms with Crippen molar-refractivity contribution in [2.75, 3.05) is 0 Å². The zero-order valence-corrected chi connectivity index (χ0v) is 12.7. The molecule has 1 unspecified atom stereocenters. The Bertz CT molecular complexity index is 612. The zero-order chi connectivity index (χ0) is 13.6. The lowest BCUT2D eigenvalue weighted by Gasteiger charge is -2.35. The van der Waals surface area contributed by atoms with Gasteiger partial charge in [-0.1, -0.05) is 38.8 Å². The fraction of sp³-hybridized carbons (Fsp3) is 0.562. The predicted molar refractivity (Wildman–Crippen MR) is 79.8 cm³/mol. The average Bonchev–Trinajstić information content (AvgIpc) is 2.78. The molecule has 2 aromatic heterocycles. The molecule has 1 atom stereocenters. The van der Waals surface area contributed by atoms with E-state index in [4.69, 9.17) is 16.6 Å². The summed E-state index contributed by atoms with van der Waals surface area (Å²) in [5.74, 6) is 0.730. The van der Waals surface area contributed by atoms with E-state index in [0.29, 0.717) is 5.41 Å². The maximum Gasteiger partial charge on any atom is 0.156 e. The minimum atomic E-state index is 0.400. The van der Waals surface area contributed by atoms with E-state index in [9.17, 15) is 0 Å². The van der Waals surface area contributed by atoms with Crippen LogP contribution in [-0.4, -0.2) is 9.38 Å². The number of nitrogens with zero attached hydrogens (tertiary/aromatic N) is 2. The van der Waals surface area contributed by atoms with Crippen molar-refractivity contribution < 1.29 is 0 Å². The summed E-state index contributed by atoms with van der Waals surface area (Å²) in [6.45, 7) is 7.05. The Hall–Kier alpha value is -1.02. The Kier molecular flexibility index (Phi) is 3.09. The summed E-state index contributed by atoms with van der Waals surface area (Å²) in [6.07, 6.45) is 6.77. The fourth-order valence-corrected chi connectivity index (χ4v) is 3.37. The molecule has 0 saturated carbocycles. The quantitative estimate of drug-likeness (QED) is 0.788. The molecule has 0 bridgehead atoms. The van der Waals surface area contributed by atoms with Gasteiger partial charge in [-0.3, -0.25) is 0 Å². The van der Waals surface area contributed by atoms with Gasteiger partial charge in [0.1, 0.15) is 0 Å². The second-order valence-corrected chi connectivity index (χ2v) is 6.74. The number of halogens is 1. The number of aromatic nitrogens is 2. The first-order chi connectivity index (χ1) is 9.03. The van der Waals surface area contributed by atoms with E-state index in [1.807, 2.05) is 12.1 Å². The van der Waals surface area contributed by atoms with Crippen molar-refractivity contribution in [2.24, 2.45) is 11.3 Å². The zero-order valence-electron chi connectivity index (χ0n) is 11.9. The van der Waals surface area contributed by atoms with Gasteiger partial charge in [0.05, 0.1) is 10.7 Å². The van der Waals surface area contributed by atoms with Gasteiger partial charge in [-0.25, -0.2) is 4.98 Å². The molecule has 0 aromatic carbocycles. The Morgan fingerprint density at radius 2 is 2.26 bits per heavy atom. The first-order valence-electron chi connectivity index (χ1n) is 7.17. The van der Waals surface area contributed by atoms with Gasteiger partial charge < -0.3 is 4.40 Å². The van der Waals surface area contributed by atoms with E-state index in [1.54, 1.807) is 0 Å². The molecular formula is C16H21ClN2. The number of aryl methyl sites for hydroxylation is 1. The van der Waals surface area contributed by atoms with E-state index in [2.05, 4.69) is 31.4 Å². The molecule has 0 spiro atoms. The van der Waals surface area contributed by atoms with Crippen LogP contribution in [0.2, 0.25) is 5.02 Å². The summed E-state index contributed by atoms with van der Waals surface area (Å²) in [7, 11) is 0. The summed E-state index contributed by atoms with van der Waals surface area (Å²) in [5, 5.41) is 0.753. The molecule has 1 aliphatic carbocycles. The van der Waals surface area contributed by atoms with Crippen LogP contribution >= 0.6 is 11.6 Å². The van der Waals surface area contributed by atoms with Crippen molar-refractivity contribution in [2.45, 2.75) is 46.5 Å². The average molecular weight is 277 g/mol. The molecule has 0 radical (unpaired) electrons. The molecular weight excluding hydrogens is 256 g/mol. The number of imidazole rings is 1. The van der Waals surface area contributed by atoms with E-state index in [0.717, 1.165) is 29.4 Å². The van der Waals surface area contributed by atoms with Crippen LogP contribution in [0.25, 0.3) is 5.65 Å². The highest BCUT2D eigenvalue weighted by Crippen LogP contribution is 2.40. The van der Waals surface area contributed by atoms with Crippen molar-refractivity contribution in [1.82, 2.24) is 9.38 Å². The van der Waals surface area contributed by atoms with Crippen LogP contribution in [0.15, 0.2) is 18.3 Å². The molecule has 3 rings (SSSR count). The van der Waals surface area contributed by atoms with Crippen LogP contribution in [0.1, 0.15) is 45.0 Å². The van der Waals surface area contributed by atoms with Gasteiger partial charge in [0, 0.05) is 11.9 Å². The smallest absolute Gasteiger partial charge is 0.156 e. The largest absolute Gasteiger partial charge is 0.303 e. The maximum atomic E-state index is 6.25. The van der Waals surface area contributed by atoms with Crippen LogP contribution in [-0.2, 0) is 12.8 Å². The van der Waals surface area contributed by atoms with Crippen LogP contribution in [0, 0.1) is 11.3 Å². The molecule has 19 heavy (non-hydrogen) atoms. The molecule has 102 valence electrons. The van der Waals surface area contributed by atoms with Crippen LogP contribution in [0.4, 0.5) is 0 Å². The highest BCUT2D eigenvalue weighted by atomic mass is 35.5. The maximum absolute atomic E-state index is 6.25. The molecule has 1 aliphatic rings. The van der Waals surface area contributed by atoms with E-state index >= 15 is 0 Å². The van der Waals surface area contributed by atoms with Gasteiger partial charge in [-0.05, 0) is 42.7 Å². The van der Waals surface area contributed by atoms with Crippen LogP contribution in [0.3, 0.4) is 0 Å².